The van der Waals surface area contributed by atoms with Crippen molar-refractivity contribution in [1.29, 1.82) is 0 Å². The van der Waals surface area contributed by atoms with Crippen molar-refractivity contribution in [3.05, 3.63) is 21.9 Å². The third-order valence-corrected chi connectivity index (χ3v) is 2.99. The van der Waals surface area contributed by atoms with Crippen LogP contribution in [0.2, 0.25) is 0 Å². The molecule has 0 bridgehead atoms. The van der Waals surface area contributed by atoms with E-state index in [1.807, 2.05) is 0 Å². The van der Waals surface area contributed by atoms with Gasteiger partial charge in [-0.25, -0.2) is 0 Å². The SMILES string of the molecule is Cc1ccc(C(CC(=O)O)C(F)(F)F)s1. The number of rotatable bonds is 3. The first-order chi connectivity index (χ1) is 6.80. The Bertz CT molecular complexity index is 356. The Morgan fingerprint density at radius 2 is 2.13 bits per heavy atom. The molecule has 0 saturated carbocycles. The van der Waals surface area contributed by atoms with Gasteiger partial charge in [0.2, 0.25) is 0 Å². The summed E-state index contributed by atoms with van der Waals surface area (Å²) in [4.78, 5) is 11.1. The summed E-state index contributed by atoms with van der Waals surface area (Å²) in [6.45, 7) is 1.68. The van der Waals surface area contributed by atoms with Gasteiger partial charge in [0.25, 0.3) is 0 Å². The molecular formula is C9H9F3O2S. The quantitative estimate of drug-likeness (QED) is 0.878. The molecule has 6 heteroatoms. The predicted octanol–water partition coefficient (Wildman–Crippen LogP) is 3.18. The highest BCUT2D eigenvalue weighted by molar-refractivity contribution is 7.12. The summed E-state index contributed by atoms with van der Waals surface area (Å²) in [6.07, 6.45) is -5.42. The largest absolute Gasteiger partial charge is 0.481 e. The maximum Gasteiger partial charge on any atom is 0.397 e. The van der Waals surface area contributed by atoms with Crippen LogP contribution in [0, 0.1) is 6.92 Å². The van der Waals surface area contributed by atoms with E-state index in [9.17, 15) is 18.0 Å². The van der Waals surface area contributed by atoms with Crippen LogP contribution < -0.4 is 0 Å². The van der Waals surface area contributed by atoms with Crippen molar-refractivity contribution in [1.82, 2.24) is 0 Å². The summed E-state index contributed by atoms with van der Waals surface area (Å²) < 4.78 is 37.6. The van der Waals surface area contributed by atoms with Crippen LogP contribution in [0.4, 0.5) is 13.2 Å². The average Bonchev–Trinajstić information content (AvgIpc) is 2.45. The van der Waals surface area contributed by atoms with Crippen molar-refractivity contribution in [2.45, 2.75) is 25.4 Å². The first kappa shape index (κ1) is 12.0. The van der Waals surface area contributed by atoms with E-state index in [1.165, 1.54) is 6.07 Å². The highest BCUT2D eigenvalue weighted by Crippen LogP contribution is 2.40. The number of alkyl halides is 3. The van der Waals surface area contributed by atoms with E-state index in [4.69, 9.17) is 5.11 Å². The zero-order valence-corrected chi connectivity index (χ0v) is 8.65. The first-order valence-corrected chi connectivity index (χ1v) is 4.97. The summed E-state index contributed by atoms with van der Waals surface area (Å²) in [5, 5.41) is 8.42. The highest BCUT2D eigenvalue weighted by atomic mass is 32.1. The molecule has 0 aliphatic heterocycles. The number of hydrogen-bond donors (Lipinski definition) is 1. The Morgan fingerprint density at radius 3 is 2.47 bits per heavy atom. The zero-order valence-electron chi connectivity index (χ0n) is 7.84. The molecule has 0 aromatic carbocycles. The number of halogens is 3. The van der Waals surface area contributed by atoms with Crippen LogP contribution in [0.5, 0.6) is 0 Å². The maximum absolute atomic E-state index is 12.5. The first-order valence-electron chi connectivity index (χ1n) is 4.15. The number of hydrogen-bond acceptors (Lipinski definition) is 2. The minimum Gasteiger partial charge on any atom is -0.481 e. The molecule has 1 aromatic heterocycles. The van der Waals surface area contributed by atoms with Gasteiger partial charge in [-0.1, -0.05) is 0 Å². The number of aryl methyl sites for hydroxylation is 1. The highest BCUT2D eigenvalue weighted by Gasteiger charge is 2.42. The second kappa shape index (κ2) is 4.22. The number of aliphatic carboxylic acids is 1. The van der Waals surface area contributed by atoms with Gasteiger partial charge in [-0.3, -0.25) is 4.79 Å². The molecule has 1 atom stereocenters. The normalized spacial score (nSPS) is 13.9. The third kappa shape index (κ3) is 3.23. The molecule has 0 saturated heterocycles. The fourth-order valence-electron chi connectivity index (χ4n) is 1.19. The Balaban J connectivity index is 2.96. The van der Waals surface area contributed by atoms with E-state index >= 15 is 0 Å². The molecule has 1 heterocycles. The Morgan fingerprint density at radius 1 is 1.53 bits per heavy atom. The van der Waals surface area contributed by atoms with Gasteiger partial charge in [0.15, 0.2) is 0 Å². The second-order valence-corrected chi connectivity index (χ2v) is 4.46. The lowest BCUT2D eigenvalue weighted by Gasteiger charge is -2.16. The molecule has 15 heavy (non-hydrogen) atoms. The van der Waals surface area contributed by atoms with E-state index in [0.717, 1.165) is 16.2 Å². The van der Waals surface area contributed by atoms with E-state index in [-0.39, 0.29) is 4.88 Å². The molecule has 1 rings (SSSR count). The average molecular weight is 238 g/mol. The molecule has 0 amide bonds. The summed E-state index contributed by atoms with van der Waals surface area (Å²) in [7, 11) is 0. The molecule has 84 valence electrons. The molecule has 1 N–H and O–H groups in total. The van der Waals surface area contributed by atoms with Crippen molar-refractivity contribution in [2.75, 3.05) is 0 Å². The second-order valence-electron chi connectivity index (χ2n) is 3.14. The van der Waals surface area contributed by atoms with Gasteiger partial charge in [0.1, 0.15) is 0 Å². The van der Waals surface area contributed by atoms with Gasteiger partial charge < -0.3 is 5.11 Å². The number of thiophene rings is 1. The van der Waals surface area contributed by atoms with Gasteiger partial charge in [-0.2, -0.15) is 13.2 Å². The molecule has 1 unspecified atom stereocenters. The van der Waals surface area contributed by atoms with Crippen molar-refractivity contribution in [2.24, 2.45) is 0 Å². The van der Waals surface area contributed by atoms with Gasteiger partial charge in [0.05, 0.1) is 12.3 Å². The third-order valence-electron chi connectivity index (χ3n) is 1.88. The lowest BCUT2D eigenvalue weighted by Crippen LogP contribution is -2.22. The number of carboxylic acid groups (broad SMARTS) is 1. The van der Waals surface area contributed by atoms with E-state index in [2.05, 4.69) is 0 Å². The smallest absolute Gasteiger partial charge is 0.397 e. The number of carbonyl (C=O) groups is 1. The zero-order chi connectivity index (χ0) is 11.6. The van der Waals surface area contributed by atoms with E-state index in [0.29, 0.717) is 0 Å². The van der Waals surface area contributed by atoms with Crippen molar-refractivity contribution in [3.63, 3.8) is 0 Å². The lowest BCUT2D eigenvalue weighted by atomic mass is 10.0. The van der Waals surface area contributed by atoms with Crippen molar-refractivity contribution in [3.8, 4) is 0 Å². The van der Waals surface area contributed by atoms with Crippen molar-refractivity contribution < 1.29 is 23.1 Å². The Labute approximate surface area is 88.3 Å². The fourth-order valence-corrected chi connectivity index (χ4v) is 2.20. The van der Waals surface area contributed by atoms with Crippen LogP contribution in [0.1, 0.15) is 22.1 Å². The fraction of sp³-hybridized carbons (Fsp3) is 0.444. The number of carboxylic acids is 1. The molecule has 1 aromatic rings. The van der Waals surface area contributed by atoms with Crippen LogP contribution in [0.15, 0.2) is 12.1 Å². The monoisotopic (exact) mass is 238 g/mol. The Hall–Kier alpha value is -1.04. The van der Waals surface area contributed by atoms with Gasteiger partial charge >= 0.3 is 12.1 Å². The van der Waals surface area contributed by atoms with Crippen LogP contribution in [-0.2, 0) is 4.79 Å². The van der Waals surface area contributed by atoms with Crippen LogP contribution in [0.25, 0.3) is 0 Å². The maximum atomic E-state index is 12.5. The van der Waals surface area contributed by atoms with E-state index in [1.54, 1.807) is 13.0 Å². The van der Waals surface area contributed by atoms with Crippen LogP contribution >= 0.6 is 11.3 Å². The van der Waals surface area contributed by atoms with Gasteiger partial charge in [-0.05, 0) is 19.1 Å². The lowest BCUT2D eigenvalue weighted by molar-refractivity contribution is -0.162. The van der Waals surface area contributed by atoms with Gasteiger partial charge in [0, 0.05) is 9.75 Å². The van der Waals surface area contributed by atoms with Crippen LogP contribution in [0.3, 0.4) is 0 Å². The molecule has 0 radical (unpaired) electrons. The summed E-state index contributed by atoms with van der Waals surface area (Å²) in [5.74, 6) is -3.34. The summed E-state index contributed by atoms with van der Waals surface area (Å²) in [5.41, 5.74) is 0. The molecule has 0 fully saturated rings. The minimum absolute atomic E-state index is 0.0578. The summed E-state index contributed by atoms with van der Waals surface area (Å²) in [6, 6.07) is 2.89. The van der Waals surface area contributed by atoms with E-state index < -0.39 is 24.5 Å². The molecule has 0 aliphatic carbocycles. The Kier molecular flexibility index (Phi) is 3.38. The van der Waals surface area contributed by atoms with Crippen molar-refractivity contribution >= 4 is 17.3 Å². The summed E-state index contributed by atoms with van der Waals surface area (Å²) >= 11 is 0.981. The predicted molar refractivity (Wildman–Crippen MR) is 50.1 cm³/mol. The molecular weight excluding hydrogens is 229 g/mol. The van der Waals surface area contributed by atoms with Gasteiger partial charge in [-0.15, -0.1) is 11.3 Å². The molecule has 0 aliphatic rings. The topological polar surface area (TPSA) is 37.3 Å². The molecule has 2 nitrogen and oxygen atoms in total. The minimum atomic E-state index is -4.50. The standard InChI is InChI=1S/C9H9F3O2S/c1-5-2-3-7(15-5)6(4-8(13)14)9(10,11)12/h2-3,6H,4H2,1H3,(H,13,14). The van der Waals surface area contributed by atoms with Crippen LogP contribution in [-0.4, -0.2) is 17.3 Å². The molecule has 0 spiro atoms.